The highest BCUT2D eigenvalue weighted by Gasteiger charge is 2.12. The minimum Gasteiger partial charge on any atom is -0.322 e. The molecule has 96 valence electrons. The third-order valence-corrected chi connectivity index (χ3v) is 3.14. The Hall–Kier alpha value is -1.32. The highest BCUT2D eigenvalue weighted by molar-refractivity contribution is 6.30. The van der Waals surface area contributed by atoms with E-state index in [9.17, 15) is 0 Å². The Bertz CT molecular complexity index is 507. The van der Waals surface area contributed by atoms with Crippen LogP contribution in [0.4, 0.5) is 0 Å². The summed E-state index contributed by atoms with van der Waals surface area (Å²) in [5, 5.41) is 5.05. The lowest BCUT2D eigenvalue weighted by molar-refractivity contribution is 0.538. The van der Waals surface area contributed by atoms with E-state index in [1.807, 2.05) is 41.2 Å². The summed E-state index contributed by atoms with van der Waals surface area (Å²) in [6.07, 6.45) is 3.64. The summed E-state index contributed by atoms with van der Waals surface area (Å²) < 4.78 is 1.98. The third kappa shape index (κ3) is 3.12. The number of hydrogen-bond acceptors (Lipinski definition) is 2. The first-order chi connectivity index (χ1) is 8.70. The van der Waals surface area contributed by atoms with Gasteiger partial charge in [0.15, 0.2) is 0 Å². The molecule has 0 fully saturated rings. The van der Waals surface area contributed by atoms with Crippen LogP contribution in [0, 0.1) is 0 Å². The molecule has 0 saturated carbocycles. The summed E-state index contributed by atoms with van der Waals surface area (Å²) in [6, 6.07) is 9.78. The highest BCUT2D eigenvalue weighted by Crippen LogP contribution is 2.18. The topological polar surface area (TPSA) is 43.8 Å². The molecule has 0 amide bonds. The van der Waals surface area contributed by atoms with Crippen molar-refractivity contribution in [2.24, 2.45) is 5.73 Å². The van der Waals surface area contributed by atoms with Crippen LogP contribution in [0.3, 0.4) is 0 Å². The minimum absolute atomic E-state index is 0.0440. The molecule has 1 heterocycles. The van der Waals surface area contributed by atoms with E-state index in [0.29, 0.717) is 0 Å². The van der Waals surface area contributed by atoms with Gasteiger partial charge in [-0.25, -0.2) is 0 Å². The number of aryl methyl sites for hydroxylation is 1. The van der Waals surface area contributed by atoms with Crippen LogP contribution in [0.15, 0.2) is 36.5 Å². The zero-order valence-corrected chi connectivity index (χ0v) is 11.3. The molecule has 0 bridgehead atoms. The largest absolute Gasteiger partial charge is 0.322 e. The summed E-state index contributed by atoms with van der Waals surface area (Å²) >= 11 is 5.98. The molecule has 3 nitrogen and oxygen atoms in total. The van der Waals surface area contributed by atoms with Crippen LogP contribution in [-0.2, 0) is 13.0 Å². The first kappa shape index (κ1) is 13.1. The van der Waals surface area contributed by atoms with Crippen LogP contribution >= 0.6 is 11.6 Å². The maximum absolute atomic E-state index is 6.25. The van der Waals surface area contributed by atoms with E-state index in [2.05, 4.69) is 12.0 Å². The van der Waals surface area contributed by atoms with Crippen molar-refractivity contribution in [1.29, 1.82) is 0 Å². The minimum atomic E-state index is -0.0440. The summed E-state index contributed by atoms with van der Waals surface area (Å²) in [4.78, 5) is 0. The third-order valence-electron chi connectivity index (χ3n) is 2.91. The molecule has 1 aromatic heterocycles. The molecular formula is C14H18ClN3. The summed E-state index contributed by atoms with van der Waals surface area (Å²) in [5.74, 6) is 0. The van der Waals surface area contributed by atoms with Gasteiger partial charge in [0.05, 0.1) is 11.7 Å². The zero-order chi connectivity index (χ0) is 13.0. The Kier molecular flexibility index (Phi) is 4.39. The molecule has 0 aliphatic heterocycles. The van der Waals surface area contributed by atoms with E-state index in [0.717, 1.165) is 35.7 Å². The maximum atomic E-state index is 6.25. The number of nitrogens with zero attached hydrogens (tertiary/aromatic N) is 2. The molecule has 18 heavy (non-hydrogen) atoms. The van der Waals surface area contributed by atoms with Gasteiger partial charge in [-0.1, -0.05) is 30.7 Å². The maximum Gasteiger partial charge on any atom is 0.0554 e. The number of halogens is 1. The highest BCUT2D eigenvalue weighted by atomic mass is 35.5. The second-order valence-corrected chi connectivity index (χ2v) is 4.86. The summed E-state index contributed by atoms with van der Waals surface area (Å²) in [5.41, 5.74) is 8.48. The van der Waals surface area contributed by atoms with Crippen molar-refractivity contribution in [2.45, 2.75) is 32.4 Å². The number of hydrogen-bond donors (Lipinski definition) is 1. The molecule has 1 atom stereocenters. The lowest BCUT2D eigenvalue weighted by Crippen LogP contribution is -2.18. The Morgan fingerprint density at radius 1 is 1.39 bits per heavy atom. The monoisotopic (exact) mass is 263 g/mol. The Balaban J connectivity index is 2.11. The van der Waals surface area contributed by atoms with E-state index in [1.54, 1.807) is 0 Å². The van der Waals surface area contributed by atoms with Crippen molar-refractivity contribution in [3.05, 3.63) is 52.8 Å². The second kappa shape index (κ2) is 6.03. The fraction of sp³-hybridized carbons (Fsp3) is 0.357. The fourth-order valence-corrected chi connectivity index (χ4v) is 2.29. The van der Waals surface area contributed by atoms with Crippen LogP contribution in [0.2, 0.25) is 5.02 Å². The molecule has 2 aromatic rings. The Morgan fingerprint density at radius 3 is 2.94 bits per heavy atom. The molecule has 2 N–H and O–H groups in total. The molecule has 1 unspecified atom stereocenters. The summed E-state index contributed by atoms with van der Waals surface area (Å²) in [7, 11) is 0. The van der Waals surface area contributed by atoms with Gasteiger partial charge in [0.25, 0.3) is 0 Å². The van der Waals surface area contributed by atoms with Gasteiger partial charge in [0.2, 0.25) is 0 Å². The molecule has 1 aromatic carbocycles. The summed E-state index contributed by atoms with van der Waals surface area (Å²) in [6.45, 7) is 3.04. The van der Waals surface area contributed by atoms with E-state index in [1.165, 1.54) is 0 Å². The quantitative estimate of drug-likeness (QED) is 0.900. The van der Waals surface area contributed by atoms with Crippen LogP contribution in [0.25, 0.3) is 0 Å². The van der Waals surface area contributed by atoms with Crippen molar-refractivity contribution >= 4 is 11.6 Å². The van der Waals surface area contributed by atoms with Crippen molar-refractivity contribution in [2.75, 3.05) is 0 Å². The molecule has 0 spiro atoms. The number of aromatic nitrogens is 2. The standard InChI is InChI=1S/C14H18ClN3/c1-2-8-18-14(6-7-17-18)13(16)10-11-4-3-5-12(15)9-11/h3-7,9,13H,2,8,10,16H2,1H3. The number of rotatable bonds is 5. The predicted octanol–water partition coefficient (Wildman–Crippen LogP) is 3.19. The first-order valence-electron chi connectivity index (χ1n) is 6.22. The second-order valence-electron chi connectivity index (χ2n) is 4.42. The normalized spacial score (nSPS) is 12.6. The zero-order valence-electron chi connectivity index (χ0n) is 10.5. The van der Waals surface area contributed by atoms with Crippen LogP contribution < -0.4 is 5.73 Å². The average Bonchev–Trinajstić information content (AvgIpc) is 2.78. The molecule has 0 radical (unpaired) electrons. The van der Waals surface area contributed by atoms with Gasteiger partial charge in [-0.05, 0) is 36.6 Å². The Labute approximate surface area is 113 Å². The smallest absolute Gasteiger partial charge is 0.0554 e. The predicted molar refractivity (Wildman–Crippen MR) is 74.6 cm³/mol. The van der Waals surface area contributed by atoms with Crippen molar-refractivity contribution in [1.82, 2.24) is 9.78 Å². The van der Waals surface area contributed by atoms with Gasteiger partial charge < -0.3 is 5.73 Å². The molecule has 4 heteroatoms. The van der Waals surface area contributed by atoms with Crippen molar-refractivity contribution in [3.8, 4) is 0 Å². The Morgan fingerprint density at radius 2 is 2.22 bits per heavy atom. The van der Waals surface area contributed by atoms with Gasteiger partial charge in [0, 0.05) is 17.8 Å². The van der Waals surface area contributed by atoms with Crippen molar-refractivity contribution < 1.29 is 0 Å². The van der Waals surface area contributed by atoms with Gasteiger partial charge in [0.1, 0.15) is 0 Å². The van der Waals surface area contributed by atoms with Crippen LogP contribution in [0.5, 0.6) is 0 Å². The van der Waals surface area contributed by atoms with E-state index >= 15 is 0 Å². The van der Waals surface area contributed by atoms with E-state index in [-0.39, 0.29) is 6.04 Å². The molecule has 2 rings (SSSR count). The van der Waals surface area contributed by atoms with Crippen LogP contribution in [0.1, 0.15) is 30.6 Å². The SMILES string of the molecule is CCCn1nccc1C(N)Cc1cccc(Cl)c1. The average molecular weight is 264 g/mol. The fourth-order valence-electron chi connectivity index (χ4n) is 2.08. The lowest BCUT2D eigenvalue weighted by Gasteiger charge is -2.14. The lowest BCUT2D eigenvalue weighted by atomic mass is 10.0. The molecule has 0 aliphatic carbocycles. The number of benzene rings is 1. The van der Waals surface area contributed by atoms with Crippen molar-refractivity contribution in [3.63, 3.8) is 0 Å². The van der Waals surface area contributed by atoms with Gasteiger partial charge >= 0.3 is 0 Å². The number of nitrogens with two attached hydrogens (primary N) is 1. The van der Waals surface area contributed by atoms with Gasteiger partial charge in [-0.15, -0.1) is 0 Å². The van der Waals surface area contributed by atoms with E-state index < -0.39 is 0 Å². The van der Waals surface area contributed by atoms with Gasteiger partial charge in [-0.3, -0.25) is 4.68 Å². The molecular weight excluding hydrogens is 246 g/mol. The van der Waals surface area contributed by atoms with Crippen LogP contribution in [-0.4, -0.2) is 9.78 Å². The molecule has 0 aliphatic rings. The van der Waals surface area contributed by atoms with Gasteiger partial charge in [-0.2, -0.15) is 5.10 Å². The van der Waals surface area contributed by atoms with E-state index in [4.69, 9.17) is 17.3 Å². The first-order valence-corrected chi connectivity index (χ1v) is 6.60. The molecule has 0 saturated heterocycles.